The van der Waals surface area contributed by atoms with Crippen LogP contribution in [0, 0.1) is 0 Å². The van der Waals surface area contributed by atoms with Gasteiger partial charge in [-0.15, -0.1) is 23.7 Å². The lowest BCUT2D eigenvalue weighted by Crippen LogP contribution is -2.48. The molecule has 1 unspecified atom stereocenters. The monoisotopic (exact) mass is 309 g/mol. The molecule has 1 N–H and O–H groups in total. The fourth-order valence-corrected chi connectivity index (χ4v) is 3.32. The van der Waals surface area contributed by atoms with Gasteiger partial charge in [0.1, 0.15) is 5.01 Å². The van der Waals surface area contributed by atoms with Gasteiger partial charge in [-0.2, -0.15) is 0 Å². The third-order valence-corrected chi connectivity index (χ3v) is 4.27. The normalized spacial score (nSPS) is 19.6. The van der Waals surface area contributed by atoms with Crippen LogP contribution in [0.4, 0.5) is 0 Å². The van der Waals surface area contributed by atoms with Gasteiger partial charge in [-0.1, -0.05) is 30.3 Å². The van der Waals surface area contributed by atoms with Gasteiger partial charge in [0, 0.05) is 36.6 Å². The largest absolute Gasteiger partial charge is 0.312 e. The van der Waals surface area contributed by atoms with E-state index in [9.17, 15) is 0 Å². The third-order valence-electron chi connectivity index (χ3n) is 3.43. The molecular weight excluding hydrogens is 290 g/mol. The van der Waals surface area contributed by atoms with E-state index in [-0.39, 0.29) is 12.4 Å². The molecule has 1 aliphatic rings. The number of hydrogen-bond acceptors (Lipinski definition) is 4. The smallest absolute Gasteiger partial charge is 0.107 e. The van der Waals surface area contributed by atoms with Crippen molar-refractivity contribution < 1.29 is 0 Å². The highest BCUT2D eigenvalue weighted by Crippen LogP contribution is 2.22. The number of halogens is 1. The first kappa shape index (κ1) is 15.4. The average molecular weight is 310 g/mol. The van der Waals surface area contributed by atoms with Gasteiger partial charge in [0.25, 0.3) is 0 Å². The SMILES string of the molecule is CC1CN(Cc2nc(-c3ccccc3)cs2)CCN1.Cl. The number of rotatable bonds is 3. The Bertz CT molecular complexity index is 529. The maximum absolute atomic E-state index is 4.76. The average Bonchev–Trinajstić information content (AvgIpc) is 2.88. The van der Waals surface area contributed by atoms with E-state index in [2.05, 4.69) is 46.8 Å². The lowest BCUT2D eigenvalue weighted by atomic mass is 10.2. The van der Waals surface area contributed by atoms with Crippen molar-refractivity contribution in [2.75, 3.05) is 19.6 Å². The Labute approximate surface area is 130 Å². The summed E-state index contributed by atoms with van der Waals surface area (Å²) in [4.78, 5) is 7.24. The van der Waals surface area contributed by atoms with Crippen LogP contribution in [0.25, 0.3) is 11.3 Å². The van der Waals surface area contributed by atoms with E-state index >= 15 is 0 Å². The molecule has 108 valence electrons. The lowest BCUT2D eigenvalue weighted by Gasteiger charge is -2.31. The summed E-state index contributed by atoms with van der Waals surface area (Å²) in [6, 6.07) is 11.0. The second-order valence-corrected chi connectivity index (χ2v) is 6.03. The van der Waals surface area contributed by atoms with Gasteiger partial charge in [0.2, 0.25) is 0 Å². The predicted molar refractivity (Wildman–Crippen MR) is 87.5 cm³/mol. The summed E-state index contributed by atoms with van der Waals surface area (Å²) >= 11 is 1.77. The first-order valence-corrected chi connectivity index (χ1v) is 7.65. The molecule has 1 aromatic heterocycles. The highest BCUT2D eigenvalue weighted by molar-refractivity contribution is 7.09. The van der Waals surface area contributed by atoms with Crippen molar-refractivity contribution in [2.24, 2.45) is 0 Å². The maximum atomic E-state index is 4.76. The first-order chi connectivity index (χ1) is 9.31. The molecule has 0 radical (unpaired) electrons. The van der Waals surface area contributed by atoms with Crippen LogP contribution in [0.2, 0.25) is 0 Å². The second-order valence-electron chi connectivity index (χ2n) is 5.08. The van der Waals surface area contributed by atoms with Crippen LogP contribution in [-0.4, -0.2) is 35.6 Å². The molecule has 3 rings (SSSR count). The lowest BCUT2D eigenvalue weighted by molar-refractivity contribution is 0.199. The summed E-state index contributed by atoms with van der Waals surface area (Å²) in [5.74, 6) is 0. The Morgan fingerprint density at radius 3 is 2.90 bits per heavy atom. The van der Waals surface area contributed by atoms with E-state index in [1.165, 1.54) is 10.6 Å². The minimum absolute atomic E-state index is 0. The van der Waals surface area contributed by atoms with Gasteiger partial charge >= 0.3 is 0 Å². The molecule has 1 aliphatic heterocycles. The zero-order valence-electron chi connectivity index (χ0n) is 11.6. The molecule has 0 saturated carbocycles. The molecule has 5 heteroatoms. The number of nitrogens with zero attached hydrogens (tertiary/aromatic N) is 2. The number of thiazole rings is 1. The minimum atomic E-state index is 0. The van der Waals surface area contributed by atoms with Crippen LogP contribution in [0.15, 0.2) is 35.7 Å². The summed E-state index contributed by atoms with van der Waals surface area (Å²) < 4.78 is 0. The summed E-state index contributed by atoms with van der Waals surface area (Å²) in [5, 5.41) is 6.85. The fourth-order valence-electron chi connectivity index (χ4n) is 2.47. The van der Waals surface area contributed by atoms with Gasteiger partial charge < -0.3 is 5.32 Å². The van der Waals surface area contributed by atoms with Crippen molar-refractivity contribution >= 4 is 23.7 Å². The molecule has 0 bridgehead atoms. The van der Waals surface area contributed by atoms with Crippen LogP contribution >= 0.6 is 23.7 Å². The van der Waals surface area contributed by atoms with E-state index in [0.29, 0.717) is 6.04 Å². The Morgan fingerprint density at radius 2 is 2.15 bits per heavy atom. The molecule has 1 aromatic carbocycles. The van der Waals surface area contributed by atoms with Crippen molar-refractivity contribution in [3.05, 3.63) is 40.7 Å². The van der Waals surface area contributed by atoms with Crippen LogP contribution in [0.5, 0.6) is 0 Å². The molecule has 0 aliphatic carbocycles. The minimum Gasteiger partial charge on any atom is -0.312 e. The van der Waals surface area contributed by atoms with Gasteiger partial charge in [0.05, 0.1) is 12.2 Å². The van der Waals surface area contributed by atoms with Gasteiger partial charge in [0.15, 0.2) is 0 Å². The molecule has 1 atom stereocenters. The van der Waals surface area contributed by atoms with Crippen molar-refractivity contribution in [3.63, 3.8) is 0 Å². The summed E-state index contributed by atoms with van der Waals surface area (Å²) in [7, 11) is 0. The fraction of sp³-hybridized carbons (Fsp3) is 0.400. The highest BCUT2D eigenvalue weighted by atomic mass is 35.5. The Morgan fingerprint density at radius 1 is 1.35 bits per heavy atom. The van der Waals surface area contributed by atoms with Gasteiger partial charge in [-0.05, 0) is 6.92 Å². The molecule has 2 heterocycles. The van der Waals surface area contributed by atoms with E-state index in [0.717, 1.165) is 31.9 Å². The first-order valence-electron chi connectivity index (χ1n) is 6.77. The standard InChI is InChI=1S/C15H19N3S.ClH/c1-12-9-18(8-7-16-12)10-15-17-14(11-19-15)13-5-3-2-4-6-13;/h2-6,11-12,16H,7-10H2,1H3;1H. The van der Waals surface area contributed by atoms with Crippen LogP contribution in [-0.2, 0) is 6.54 Å². The summed E-state index contributed by atoms with van der Waals surface area (Å²) in [5.41, 5.74) is 2.31. The molecule has 0 spiro atoms. The molecule has 3 nitrogen and oxygen atoms in total. The van der Waals surface area contributed by atoms with E-state index < -0.39 is 0 Å². The zero-order chi connectivity index (χ0) is 13.1. The van der Waals surface area contributed by atoms with E-state index in [1.54, 1.807) is 11.3 Å². The van der Waals surface area contributed by atoms with Crippen LogP contribution in [0.3, 0.4) is 0 Å². The Hall–Kier alpha value is -0.940. The van der Waals surface area contributed by atoms with Crippen molar-refractivity contribution in [1.29, 1.82) is 0 Å². The number of aromatic nitrogens is 1. The molecule has 0 amide bonds. The van der Waals surface area contributed by atoms with Crippen LogP contribution < -0.4 is 5.32 Å². The van der Waals surface area contributed by atoms with Gasteiger partial charge in [-0.25, -0.2) is 4.98 Å². The van der Waals surface area contributed by atoms with Gasteiger partial charge in [-0.3, -0.25) is 4.90 Å². The number of nitrogens with one attached hydrogen (secondary N) is 1. The highest BCUT2D eigenvalue weighted by Gasteiger charge is 2.16. The molecule has 2 aromatic rings. The van der Waals surface area contributed by atoms with E-state index in [4.69, 9.17) is 4.98 Å². The maximum Gasteiger partial charge on any atom is 0.107 e. The summed E-state index contributed by atoms with van der Waals surface area (Å²) in [6.07, 6.45) is 0. The van der Waals surface area contributed by atoms with Crippen molar-refractivity contribution in [2.45, 2.75) is 19.5 Å². The number of benzene rings is 1. The second kappa shape index (κ2) is 7.18. The molecule has 1 saturated heterocycles. The van der Waals surface area contributed by atoms with Crippen molar-refractivity contribution in [1.82, 2.24) is 15.2 Å². The predicted octanol–water partition coefficient (Wildman–Crippen LogP) is 3.03. The quantitative estimate of drug-likeness (QED) is 0.944. The molecular formula is C15H20ClN3S. The van der Waals surface area contributed by atoms with Crippen molar-refractivity contribution in [3.8, 4) is 11.3 Å². The van der Waals surface area contributed by atoms with Crippen LogP contribution in [0.1, 0.15) is 11.9 Å². The topological polar surface area (TPSA) is 28.2 Å². The molecule has 1 fully saturated rings. The van der Waals surface area contributed by atoms with E-state index in [1.807, 2.05) is 6.07 Å². The Balaban J connectivity index is 0.00000147. The number of hydrogen-bond donors (Lipinski definition) is 1. The summed E-state index contributed by atoms with van der Waals surface area (Å²) in [6.45, 7) is 6.52. The molecule has 20 heavy (non-hydrogen) atoms. The number of piperazine rings is 1. The Kier molecular flexibility index (Phi) is 5.54. The zero-order valence-corrected chi connectivity index (χ0v) is 13.2. The third kappa shape index (κ3) is 3.79.